The molecule has 0 bridgehead atoms. The minimum Gasteiger partial charge on any atom is -0.486 e. The van der Waals surface area contributed by atoms with Gasteiger partial charge in [0.2, 0.25) is 0 Å². The van der Waals surface area contributed by atoms with Gasteiger partial charge in [-0.1, -0.05) is 0 Å². The van der Waals surface area contributed by atoms with E-state index in [-0.39, 0.29) is 24.7 Å². The van der Waals surface area contributed by atoms with Gasteiger partial charge in [-0.25, -0.2) is 9.37 Å². The normalized spacial score (nSPS) is 11.7. The highest BCUT2D eigenvalue weighted by molar-refractivity contribution is 8.00. The molecule has 1 unspecified atom stereocenters. The molecule has 0 aliphatic rings. The third kappa shape index (κ3) is 6.26. The van der Waals surface area contributed by atoms with Crippen LogP contribution >= 0.6 is 23.1 Å². The fourth-order valence-electron chi connectivity index (χ4n) is 2.32. The van der Waals surface area contributed by atoms with E-state index >= 15 is 0 Å². The number of aromatic nitrogens is 1. The highest BCUT2D eigenvalue weighted by Crippen LogP contribution is 2.26. The second kappa shape index (κ2) is 10.2. The van der Waals surface area contributed by atoms with Crippen molar-refractivity contribution in [2.24, 2.45) is 0 Å². The quantitative estimate of drug-likeness (QED) is 0.197. The van der Waals surface area contributed by atoms with Crippen LogP contribution in [0.15, 0.2) is 58.8 Å². The van der Waals surface area contributed by atoms with Crippen LogP contribution < -0.4 is 4.74 Å². The molecule has 2 aromatic carbocycles. The molecule has 1 atom stereocenters. The summed E-state index contributed by atoms with van der Waals surface area (Å²) >= 11 is 2.63. The maximum atomic E-state index is 12.9. The number of benzene rings is 2. The molecule has 0 N–H and O–H groups in total. The molecule has 10 heteroatoms. The van der Waals surface area contributed by atoms with Crippen molar-refractivity contribution in [3.05, 3.63) is 80.5 Å². The van der Waals surface area contributed by atoms with Gasteiger partial charge in [-0.15, -0.1) is 23.1 Å². The Hall–Kier alpha value is -2.98. The summed E-state index contributed by atoms with van der Waals surface area (Å²) in [5, 5.41) is 12.7. The lowest BCUT2D eigenvalue weighted by Crippen LogP contribution is -2.16. The van der Waals surface area contributed by atoms with E-state index in [1.54, 1.807) is 24.4 Å². The Bertz CT molecular complexity index is 1010. The molecule has 0 aliphatic heterocycles. The first kappa shape index (κ1) is 21.7. The Morgan fingerprint density at radius 1 is 1.20 bits per heavy atom. The number of carbonyl (C=O) groups excluding carboxylic acids is 1. The van der Waals surface area contributed by atoms with Crippen LogP contribution in [0.1, 0.15) is 17.6 Å². The second-order valence-corrected chi connectivity index (χ2v) is 8.45. The van der Waals surface area contributed by atoms with Crippen molar-refractivity contribution in [1.82, 2.24) is 4.98 Å². The fourth-order valence-corrected chi connectivity index (χ4v) is 3.87. The number of thioether (sulfide) groups is 1. The van der Waals surface area contributed by atoms with Crippen molar-refractivity contribution in [1.29, 1.82) is 0 Å². The van der Waals surface area contributed by atoms with Gasteiger partial charge in [-0.3, -0.25) is 14.9 Å². The highest BCUT2D eigenvalue weighted by atomic mass is 32.2. The third-order valence-electron chi connectivity index (χ3n) is 3.83. The Morgan fingerprint density at radius 2 is 1.90 bits per heavy atom. The molecular formula is C20H17FN2O5S2. The molecule has 3 aromatic rings. The van der Waals surface area contributed by atoms with Gasteiger partial charge in [0.25, 0.3) is 5.69 Å². The van der Waals surface area contributed by atoms with E-state index in [4.69, 9.17) is 9.47 Å². The number of ether oxygens (including phenoxy) is 2. The summed E-state index contributed by atoms with van der Waals surface area (Å²) in [6.07, 6.45) is 0. The molecular weight excluding hydrogens is 431 g/mol. The first-order chi connectivity index (χ1) is 14.4. The van der Waals surface area contributed by atoms with Gasteiger partial charge in [0.15, 0.2) is 0 Å². The van der Waals surface area contributed by atoms with Gasteiger partial charge in [-0.05, 0) is 43.3 Å². The number of thiazole rings is 1. The average molecular weight is 448 g/mol. The molecule has 3 rings (SSSR count). The topological polar surface area (TPSA) is 91.6 Å². The average Bonchev–Trinajstić information content (AvgIpc) is 3.20. The standard InChI is InChI=1S/C20H17FN2O5S2/c1-13(30-18-8-4-16(5-9-18)23(25)26)20(24)28-10-15-12-29-19(22-15)11-27-17-6-2-14(21)3-7-17/h2-9,12-13H,10-11H2,1H3. The number of esters is 1. The van der Waals surface area contributed by atoms with Gasteiger partial charge >= 0.3 is 5.97 Å². The van der Waals surface area contributed by atoms with Crippen LogP contribution in [-0.2, 0) is 22.7 Å². The lowest BCUT2D eigenvalue weighted by Gasteiger charge is -2.10. The van der Waals surface area contributed by atoms with Crippen molar-refractivity contribution in [2.75, 3.05) is 0 Å². The summed E-state index contributed by atoms with van der Waals surface area (Å²) < 4.78 is 23.7. The molecule has 7 nitrogen and oxygen atoms in total. The Kier molecular flexibility index (Phi) is 7.36. The zero-order valence-corrected chi connectivity index (χ0v) is 17.5. The van der Waals surface area contributed by atoms with E-state index < -0.39 is 16.1 Å². The first-order valence-electron chi connectivity index (χ1n) is 8.80. The molecule has 30 heavy (non-hydrogen) atoms. The van der Waals surface area contributed by atoms with E-state index in [1.165, 1.54) is 59.5 Å². The van der Waals surface area contributed by atoms with Crippen molar-refractivity contribution >= 4 is 34.8 Å². The zero-order valence-electron chi connectivity index (χ0n) is 15.8. The van der Waals surface area contributed by atoms with E-state index in [1.807, 2.05) is 0 Å². The maximum absolute atomic E-state index is 12.9. The summed E-state index contributed by atoms with van der Waals surface area (Å²) in [4.78, 5) is 27.5. The minimum absolute atomic E-state index is 0.00248. The van der Waals surface area contributed by atoms with E-state index in [2.05, 4.69) is 4.98 Å². The van der Waals surface area contributed by atoms with E-state index in [0.29, 0.717) is 16.5 Å². The number of hydrogen-bond donors (Lipinski definition) is 0. The number of non-ortho nitro benzene ring substituents is 1. The summed E-state index contributed by atoms with van der Waals surface area (Å²) in [5.41, 5.74) is 0.607. The van der Waals surface area contributed by atoms with Crippen LogP contribution in [0.2, 0.25) is 0 Å². The highest BCUT2D eigenvalue weighted by Gasteiger charge is 2.17. The van der Waals surface area contributed by atoms with Crippen molar-refractivity contribution < 1.29 is 23.6 Å². The van der Waals surface area contributed by atoms with Gasteiger partial charge in [0.1, 0.15) is 35.0 Å². The summed E-state index contributed by atoms with van der Waals surface area (Å²) in [6, 6.07) is 11.7. The van der Waals surface area contributed by atoms with Crippen LogP contribution in [0.3, 0.4) is 0 Å². The number of nitro groups is 1. The largest absolute Gasteiger partial charge is 0.486 e. The Morgan fingerprint density at radius 3 is 2.57 bits per heavy atom. The Labute approximate surface area is 180 Å². The number of rotatable bonds is 9. The van der Waals surface area contributed by atoms with Gasteiger partial charge < -0.3 is 9.47 Å². The summed E-state index contributed by atoms with van der Waals surface area (Å²) in [6.45, 7) is 1.98. The molecule has 0 amide bonds. The Balaban J connectivity index is 1.44. The molecule has 156 valence electrons. The third-order valence-corrected chi connectivity index (χ3v) is 5.79. The molecule has 0 aliphatic carbocycles. The molecule has 0 spiro atoms. The van der Waals surface area contributed by atoms with Gasteiger partial charge in [0, 0.05) is 22.4 Å². The molecule has 0 saturated heterocycles. The lowest BCUT2D eigenvalue weighted by atomic mass is 10.3. The fraction of sp³-hybridized carbons (Fsp3) is 0.200. The smallest absolute Gasteiger partial charge is 0.319 e. The minimum atomic E-state index is -0.480. The molecule has 1 heterocycles. The van der Waals surface area contributed by atoms with Crippen LogP contribution in [0, 0.1) is 15.9 Å². The predicted molar refractivity (Wildman–Crippen MR) is 111 cm³/mol. The number of nitrogens with zero attached hydrogens (tertiary/aromatic N) is 2. The van der Waals surface area contributed by atoms with Gasteiger partial charge in [0.05, 0.1) is 10.6 Å². The predicted octanol–water partition coefficient (Wildman–Crippen LogP) is 4.99. The SMILES string of the molecule is CC(Sc1ccc([N+](=O)[O-])cc1)C(=O)OCc1csc(COc2ccc(F)cc2)n1. The molecule has 0 fully saturated rings. The summed E-state index contributed by atoms with van der Waals surface area (Å²) in [5.74, 6) is -0.200. The number of carbonyl (C=O) groups is 1. The van der Waals surface area contributed by atoms with Gasteiger partial charge in [-0.2, -0.15) is 0 Å². The maximum Gasteiger partial charge on any atom is 0.319 e. The zero-order chi connectivity index (χ0) is 21.5. The monoisotopic (exact) mass is 448 g/mol. The van der Waals surface area contributed by atoms with Crippen LogP contribution in [0.5, 0.6) is 5.75 Å². The van der Waals surface area contributed by atoms with Crippen molar-refractivity contribution in [3.63, 3.8) is 0 Å². The lowest BCUT2D eigenvalue weighted by molar-refractivity contribution is -0.384. The summed E-state index contributed by atoms with van der Waals surface area (Å²) in [7, 11) is 0. The van der Waals surface area contributed by atoms with Crippen molar-refractivity contribution in [3.8, 4) is 5.75 Å². The number of nitro benzene ring substituents is 1. The van der Waals surface area contributed by atoms with E-state index in [0.717, 1.165) is 4.90 Å². The number of hydrogen-bond acceptors (Lipinski definition) is 8. The molecule has 0 radical (unpaired) electrons. The van der Waals surface area contributed by atoms with E-state index in [9.17, 15) is 19.3 Å². The van der Waals surface area contributed by atoms with Crippen molar-refractivity contribution in [2.45, 2.75) is 30.3 Å². The molecule has 0 saturated carbocycles. The first-order valence-corrected chi connectivity index (χ1v) is 10.6. The van der Waals surface area contributed by atoms with Crippen LogP contribution in [0.25, 0.3) is 0 Å². The van der Waals surface area contributed by atoms with Crippen LogP contribution in [-0.4, -0.2) is 21.1 Å². The second-order valence-electron chi connectivity index (χ2n) is 6.09. The number of halogens is 1. The molecule has 1 aromatic heterocycles. The van der Waals surface area contributed by atoms with Crippen LogP contribution in [0.4, 0.5) is 10.1 Å².